The third-order valence-electron chi connectivity index (χ3n) is 5.53. The monoisotopic (exact) mass is 414 g/mol. The molecule has 1 atom stereocenters. The first kappa shape index (κ1) is 22.2. The summed E-state index contributed by atoms with van der Waals surface area (Å²) in [5.41, 5.74) is 2.20. The molecule has 0 radical (unpaired) electrons. The number of benzene rings is 2. The molecule has 0 bridgehead atoms. The Labute approximate surface area is 177 Å². The van der Waals surface area contributed by atoms with Crippen LogP contribution in [0.2, 0.25) is 0 Å². The maximum Gasteiger partial charge on any atom is 0.224 e. The molecule has 0 aliphatic carbocycles. The van der Waals surface area contributed by atoms with Crippen LogP contribution in [0.4, 0.5) is 10.1 Å². The summed E-state index contributed by atoms with van der Waals surface area (Å²) < 4.78 is 19.2. The van der Waals surface area contributed by atoms with Crippen molar-refractivity contribution < 1.29 is 19.0 Å². The number of nitrogens with zero attached hydrogens (tertiary/aromatic N) is 1. The van der Waals surface area contributed by atoms with E-state index in [2.05, 4.69) is 16.3 Å². The van der Waals surface area contributed by atoms with Crippen LogP contribution < -0.4 is 10.1 Å². The van der Waals surface area contributed by atoms with Gasteiger partial charge in [0, 0.05) is 25.1 Å². The van der Waals surface area contributed by atoms with Crippen LogP contribution in [-0.2, 0) is 17.9 Å². The standard InChI is InChI=1S/C24H31FN2O3/c1-2-30-23-11-9-19(14-20(23)17-28)16-27-13-5-6-18(15-27)10-12-24(29)26-22-8-4-3-7-21(22)25/h3-4,7-9,11,14,18,28H,2,5-6,10,12-13,15-17H2,1H3,(H,26,29). The average Bonchev–Trinajstić information content (AvgIpc) is 2.75. The van der Waals surface area contributed by atoms with Gasteiger partial charge in [0.1, 0.15) is 11.6 Å². The summed E-state index contributed by atoms with van der Waals surface area (Å²) in [4.78, 5) is 14.6. The molecule has 5 nitrogen and oxygen atoms in total. The summed E-state index contributed by atoms with van der Waals surface area (Å²) in [7, 11) is 0. The second-order valence-corrected chi connectivity index (χ2v) is 7.84. The SMILES string of the molecule is CCOc1ccc(CN2CCCC(CCC(=O)Nc3ccccc3F)C2)cc1CO. The predicted octanol–water partition coefficient (Wildman–Crippen LogP) is 4.35. The minimum atomic E-state index is -0.410. The molecule has 3 rings (SSSR count). The van der Waals surface area contributed by atoms with Crippen molar-refractivity contribution in [2.45, 2.75) is 45.8 Å². The van der Waals surface area contributed by atoms with E-state index in [1.54, 1.807) is 18.2 Å². The van der Waals surface area contributed by atoms with E-state index in [1.165, 1.54) is 6.07 Å². The fourth-order valence-electron chi connectivity index (χ4n) is 4.05. The van der Waals surface area contributed by atoms with E-state index in [4.69, 9.17) is 4.74 Å². The number of piperidine rings is 1. The normalized spacial score (nSPS) is 17.0. The fourth-order valence-corrected chi connectivity index (χ4v) is 4.05. The molecule has 0 aromatic heterocycles. The number of aliphatic hydroxyl groups is 1. The minimum Gasteiger partial charge on any atom is -0.494 e. The van der Waals surface area contributed by atoms with E-state index in [9.17, 15) is 14.3 Å². The van der Waals surface area contributed by atoms with Crippen LogP contribution >= 0.6 is 0 Å². The molecular formula is C24H31FN2O3. The number of likely N-dealkylation sites (tertiary alicyclic amines) is 1. The molecule has 2 N–H and O–H groups in total. The lowest BCUT2D eigenvalue weighted by atomic mass is 9.93. The Bertz CT molecular complexity index is 843. The number of hydrogen-bond donors (Lipinski definition) is 2. The molecule has 0 saturated carbocycles. The Kier molecular flexibility index (Phi) is 8.22. The second kappa shape index (κ2) is 11.1. The Hall–Kier alpha value is -2.44. The van der Waals surface area contributed by atoms with Gasteiger partial charge in [0.25, 0.3) is 0 Å². The molecule has 1 aliphatic heterocycles. The summed E-state index contributed by atoms with van der Waals surface area (Å²) in [6.45, 7) is 5.25. The summed E-state index contributed by atoms with van der Waals surface area (Å²) in [6.07, 6.45) is 3.39. The van der Waals surface area contributed by atoms with Gasteiger partial charge in [-0.2, -0.15) is 0 Å². The number of amides is 1. The van der Waals surface area contributed by atoms with Crippen LogP contribution in [0.1, 0.15) is 43.7 Å². The molecule has 6 heteroatoms. The number of rotatable bonds is 9. The molecule has 2 aromatic carbocycles. The molecule has 1 aliphatic rings. The van der Waals surface area contributed by atoms with E-state index in [1.807, 2.05) is 19.1 Å². The van der Waals surface area contributed by atoms with Crippen molar-refractivity contribution in [1.82, 2.24) is 4.90 Å². The third-order valence-corrected chi connectivity index (χ3v) is 5.53. The van der Waals surface area contributed by atoms with Gasteiger partial charge in [0.05, 0.1) is 18.9 Å². The fraction of sp³-hybridized carbons (Fsp3) is 0.458. The average molecular weight is 415 g/mol. The summed E-state index contributed by atoms with van der Waals surface area (Å²) in [5, 5.41) is 12.3. The molecule has 2 aromatic rings. The topological polar surface area (TPSA) is 61.8 Å². The number of ether oxygens (including phenoxy) is 1. The molecule has 1 heterocycles. The zero-order valence-corrected chi connectivity index (χ0v) is 17.6. The minimum absolute atomic E-state index is 0.0388. The Morgan fingerprint density at radius 1 is 1.30 bits per heavy atom. The second-order valence-electron chi connectivity index (χ2n) is 7.84. The lowest BCUT2D eigenvalue weighted by Crippen LogP contribution is -2.35. The predicted molar refractivity (Wildman–Crippen MR) is 116 cm³/mol. The Balaban J connectivity index is 1.49. The smallest absolute Gasteiger partial charge is 0.224 e. The molecule has 1 amide bonds. The van der Waals surface area contributed by atoms with E-state index >= 15 is 0 Å². The number of halogens is 1. The molecular weight excluding hydrogens is 383 g/mol. The van der Waals surface area contributed by atoms with Crippen LogP contribution in [0.25, 0.3) is 0 Å². The van der Waals surface area contributed by atoms with Crippen LogP contribution in [0.15, 0.2) is 42.5 Å². The van der Waals surface area contributed by atoms with Crippen molar-refractivity contribution >= 4 is 11.6 Å². The van der Waals surface area contributed by atoms with Crippen molar-refractivity contribution in [1.29, 1.82) is 0 Å². The molecule has 0 spiro atoms. The van der Waals surface area contributed by atoms with Gasteiger partial charge in [-0.1, -0.05) is 18.2 Å². The van der Waals surface area contributed by atoms with E-state index in [0.29, 0.717) is 18.9 Å². The highest BCUT2D eigenvalue weighted by Crippen LogP contribution is 2.25. The van der Waals surface area contributed by atoms with Gasteiger partial charge < -0.3 is 15.2 Å². The van der Waals surface area contributed by atoms with Gasteiger partial charge in [-0.25, -0.2) is 4.39 Å². The molecule has 1 fully saturated rings. The van der Waals surface area contributed by atoms with Gasteiger partial charge in [-0.05, 0) is 68.5 Å². The lowest BCUT2D eigenvalue weighted by Gasteiger charge is -2.33. The highest BCUT2D eigenvalue weighted by molar-refractivity contribution is 5.90. The first-order chi connectivity index (χ1) is 14.6. The molecule has 162 valence electrons. The Morgan fingerprint density at radius 2 is 2.13 bits per heavy atom. The zero-order chi connectivity index (χ0) is 21.3. The number of carbonyl (C=O) groups is 1. The van der Waals surface area contributed by atoms with Crippen LogP contribution in [0.3, 0.4) is 0 Å². The van der Waals surface area contributed by atoms with Gasteiger partial charge >= 0.3 is 0 Å². The van der Waals surface area contributed by atoms with Crippen LogP contribution in [0, 0.1) is 11.7 Å². The number of nitrogens with one attached hydrogen (secondary N) is 1. The van der Waals surface area contributed by atoms with Crippen molar-refractivity contribution in [2.75, 3.05) is 25.0 Å². The van der Waals surface area contributed by atoms with Gasteiger partial charge in [-0.3, -0.25) is 9.69 Å². The number of para-hydroxylation sites is 1. The quantitative estimate of drug-likeness (QED) is 0.641. The van der Waals surface area contributed by atoms with Gasteiger partial charge in [0.15, 0.2) is 0 Å². The lowest BCUT2D eigenvalue weighted by molar-refractivity contribution is -0.116. The van der Waals surface area contributed by atoms with Crippen LogP contribution in [-0.4, -0.2) is 35.6 Å². The maximum atomic E-state index is 13.7. The maximum absolute atomic E-state index is 13.7. The van der Waals surface area contributed by atoms with E-state index in [-0.39, 0.29) is 18.2 Å². The zero-order valence-electron chi connectivity index (χ0n) is 17.6. The molecule has 1 saturated heterocycles. The largest absolute Gasteiger partial charge is 0.494 e. The van der Waals surface area contributed by atoms with Gasteiger partial charge in [-0.15, -0.1) is 0 Å². The number of carbonyl (C=O) groups excluding carboxylic acids is 1. The Morgan fingerprint density at radius 3 is 2.90 bits per heavy atom. The van der Waals surface area contributed by atoms with Crippen LogP contribution in [0.5, 0.6) is 5.75 Å². The van der Waals surface area contributed by atoms with E-state index in [0.717, 1.165) is 55.8 Å². The summed E-state index contributed by atoms with van der Waals surface area (Å²) in [6, 6.07) is 12.2. The first-order valence-corrected chi connectivity index (χ1v) is 10.7. The highest BCUT2D eigenvalue weighted by atomic mass is 19.1. The third kappa shape index (κ3) is 6.28. The number of aliphatic hydroxyl groups excluding tert-OH is 1. The highest BCUT2D eigenvalue weighted by Gasteiger charge is 2.21. The van der Waals surface area contributed by atoms with Crippen molar-refractivity contribution in [3.05, 3.63) is 59.4 Å². The van der Waals surface area contributed by atoms with E-state index < -0.39 is 5.82 Å². The van der Waals surface area contributed by atoms with Crippen molar-refractivity contribution in [2.24, 2.45) is 5.92 Å². The van der Waals surface area contributed by atoms with Crippen molar-refractivity contribution in [3.8, 4) is 5.75 Å². The first-order valence-electron chi connectivity index (χ1n) is 10.7. The van der Waals surface area contributed by atoms with Crippen molar-refractivity contribution in [3.63, 3.8) is 0 Å². The van der Waals surface area contributed by atoms with Gasteiger partial charge in [0.2, 0.25) is 5.91 Å². The molecule has 30 heavy (non-hydrogen) atoms. The molecule has 1 unspecified atom stereocenters. The summed E-state index contributed by atoms with van der Waals surface area (Å²) >= 11 is 0. The summed E-state index contributed by atoms with van der Waals surface area (Å²) in [5.74, 6) is 0.634. The number of anilines is 1. The number of hydrogen-bond acceptors (Lipinski definition) is 4.